The number of rotatable bonds is 4. The Hall–Kier alpha value is -2.63. The van der Waals surface area contributed by atoms with Crippen molar-refractivity contribution in [1.82, 2.24) is 0 Å². The number of ketones is 1. The van der Waals surface area contributed by atoms with E-state index >= 15 is 0 Å². The van der Waals surface area contributed by atoms with Gasteiger partial charge in [-0.15, -0.1) is 0 Å². The highest BCUT2D eigenvalue weighted by atomic mass is 16.7. The second-order valence-electron chi connectivity index (χ2n) is 5.07. The summed E-state index contributed by atoms with van der Waals surface area (Å²) in [6.45, 7) is 6.90. The highest BCUT2D eigenvalue weighted by Gasteiger charge is 2.22. The van der Waals surface area contributed by atoms with Crippen molar-refractivity contribution in [3.05, 3.63) is 39.2 Å². The van der Waals surface area contributed by atoms with Gasteiger partial charge in [-0.05, 0) is 32.4 Å². The lowest BCUT2D eigenvalue weighted by molar-refractivity contribution is 0.0968. The molecule has 122 valence electrons. The first kappa shape index (κ1) is 16.7. The molecule has 6 nitrogen and oxygen atoms in total. The minimum Gasteiger partial charge on any atom is -0.434 e. The van der Waals surface area contributed by atoms with E-state index in [0.29, 0.717) is 22.1 Å². The summed E-state index contributed by atoms with van der Waals surface area (Å²) in [7, 11) is 0. The molecule has 6 heteroatoms. The number of hydrogen-bond donors (Lipinski definition) is 0. The molecule has 0 bridgehead atoms. The van der Waals surface area contributed by atoms with Crippen LogP contribution in [-0.2, 0) is 4.74 Å². The lowest BCUT2D eigenvalue weighted by atomic mass is 9.99. The van der Waals surface area contributed by atoms with Gasteiger partial charge < -0.3 is 13.9 Å². The first-order valence-electron chi connectivity index (χ1n) is 7.34. The second-order valence-corrected chi connectivity index (χ2v) is 5.07. The van der Waals surface area contributed by atoms with Crippen LogP contribution in [0.15, 0.2) is 21.3 Å². The molecule has 0 fully saturated rings. The van der Waals surface area contributed by atoms with Crippen molar-refractivity contribution in [2.24, 2.45) is 0 Å². The summed E-state index contributed by atoms with van der Waals surface area (Å²) in [4.78, 5) is 35.5. The number of fused-ring (bicyclic) bond motifs is 1. The van der Waals surface area contributed by atoms with Gasteiger partial charge in [0.25, 0.3) is 0 Å². The number of benzene rings is 1. The van der Waals surface area contributed by atoms with Crippen LogP contribution in [0.3, 0.4) is 0 Å². The summed E-state index contributed by atoms with van der Waals surface area (Å²) in [5, 5.41) is 0.634. The fourth-order valence-electron chi connectivity index (χ4n) is 2.35. The fraction of sp³-hybridized carbons (Fsp3) is 0.353. The van der Waals surface area contributed by atoms with Crippen LogP contribution >= 0.6 is 0 Å². The van der Waals surface area contributed by atoms with Crippen LogP contribution in [0.5, 0.6) is 5.75 Å². The maximum atomic E-state index is 12.2. The third-order valence-corrected chi connectivity index (χ3v) is 3.49. The molecule has 0 aliphatic heterocycles. The number of carbonyl (C=O) groups excluding carboxylic acids is 2. The molecule has 0 radical (unpaired) electrons. The van der Waals surface area contributed by atoms with Crippen LogP contribution in [0.2, 0.25) is 0 Å². The van der Waals surface area contributed by atoms with E-state index in [1.165, 1.54) is 6.07 Å². The van der Waals surface area contributed by atoms with Crippen molar-refractivity contribution < 1.29 is 23.5 Å². The molecular formula is C17H18O6. The maximum Gasteiger partial charge on any atom is 0.513 e. The number of hydrogen-bond acceptors (Lipinski definition) is 6. The summed E-state index contributed by atoms with van der Waals surface area (Å²) in [5.41, 5.74) is 1.15. The van der Waals surface area contributed by atoms with Crippen molar-refractivity contribution in [2.75, 3.05) is 6.61 Å². The molecule has 0 aliphatic rings. The van der Waals surface area contributed by atoms with Crippen LogP contribution < -0.4 is 10.4 Å². The standard InChI is InChI=1S/C17H18O6/c1-5-13(18)12-8-11-9(3)7-14(19)22-15(11)10(4)16(12)23-17(20)21-6-2/h7-8H,5-6H2,1-4H3. The van der Waals surface area contributed by atoms with Gasteiger partial charge in [-0.2, -0.15) is 0 Å². The Labute approximate surface area is 133 Å². The molecular weight excluding hydrogens is 300 g/mol. The van der Waals surface area contributed by atoms with Crippen LogP contribution in [0.1, 0.15) is 41.8 Å². The Balaban J connectivity index is 2.75. The SMILES string of the molecule is CCOC(=O)Oc1c(C(=O)CC)cc2c(C)cc(=O)oc2c1C. The molecule has 0 saturated heterocycles. The highest BCUT2D eigenvalue weighted by molar-refractivity contribution is 6.04. The van der Waals surface area contributed by atoms with Gasteiger partial charge in [-0.25, -0.2) is 9.59 Å². The molecule has 0 saturated carbocycles. The van der Waals surface area contributed by atoms with Crippen LogP contribution in [0.4, 0.5) is 4.79 Å². The zero-order chi connectivity index (χ0) is 17.1. The first-order chi connectivity index (χ1) is 10.9. The zero-order valence-corrected chi connectivity index (χ0v) is 13.5. The van der Waals surface area contributed by atoms with E-state index in [2.05, 4.69) is 0 Å². The third kappa shape index (κ3) is 3.26. The van der Waals surface area contributed by atoms with Crippen LogP contribution in [0, 0.1) is 13.8 Å². The van der Waals surface area contributed by atoms with Gasteiger partial charge in [-0.1, -0.05) is 6.92 Å². The molecule has 2 aromatic rings. The van der Waals surface area contributed by atoms with Gasteiger partial charge in [0, 0.05) is 23.4 Å². The number of aryl methyl sites for hydroxylation is 2. The topological polar surface area (TPSA) is 82.8 Å². The molecule has 0 aliphatic carbocycles. The molecule has 1 aromatic heterocycles. The second kappa shape index (κ2) is 6.64. The van der Waals surface area contributed by atoms with E-state index in [4.69, 9.17) is 13.9 Å². The number of Topliss-reactive ketones (excluding diaryl/α,β-unsaturated/α-hetero) is 1. The van der Waals surface area contributed by atoms with Gasteiger partial charge >= 0.3 is 11.8 Å². The van der Waals surface area contributed by atoms with Crippen molar-refractivity contribution >= 4 is 22.9 Å². The smallest absolute Gasteiger partial charge is 0.434 e. The Morgan fingerprint density at radius 1 is 1.17 bits per heavy atom. The van der Waals surface area contributed by atoms with E-state index < -0.39 is 11.8 Å². The minimum atomic E-state index is -0.907. The molecule has 1 heterocycles. The van der Waals surface area contributed by atoms with Gasteiger partial charge in [0.05, 0.1) is 12.2 Å². The quantitative estimate of drug-likeness (QED) is 0.371. The molecule has 23 heavy (non-hydrogen) atoms. The third-order valence-electron chi connectivity index (χ3n) is 3.49. The van der Waals surface area contributed by atoms with Gasteiger partial charge in [0.1, 0.15) is 5.58 Å². The Bertz CT molecular complexity index is 831. The van der Waals surface area contributed by atoms with Gasteiger partial charge in [-0.3, -0.25) is 4.79 Å². The largest absolute Gasteiger partial charge is 0.513 e. The summed E-state index contributed by atoms with van der Waals surface area (Å²) < 4.78 is 15.2. The summed E-state index contributed by atoms with van der Waals surface area (Å²) in [6.07, 6.45) is -0.657. The van der Waals surface area contributed by atoms with Crippen LogP contribution in [0.25, 0.3) is 11.0 Å². The van der Waals surface area contributed by atoms with E-state index in [0.717, 1.165) is 0 Å². The van der Waals surface area contributed by atoms with E-state index in [-0.39, 0.29) is 30.1 Å². The molecule has 0 spiro atoms. The van der Waals surface area contributed by atoms with E-state index in [9.17, 15) is 14.4 Å². The first-order valence-corrected chi connectivity index (χ1v) is 7.34. The number of ether oxygens (including phenoxy) is 2. The van der Waals surface area contributed by atoms with Gasteiger partial charge in [0.15, 0.2) is 11.5 Å². The predicted octanol–water partition coefficient (Wildman–Crippen LogP) is 3.54. The van der Waals surface area contributed by atoms with Crippen molar-refractivity contribution in [1.29, 1.82) is 0 Å². The van der Waals surface area contributed by atoms with E-state index in [1.807, 2.05) is 0 Å². The summed E-state index contributed by atoms with van der Waals surface area (Å²) >= 11 is 0. The average Bonchev–Trinajstić information content (AvgIpc) is 2.50. The zero-order valence-electron chi connectivity index (χ0n) is 13.5. The van der Waals surface area contributed by atoms with Crippen molar-refractivity contribution in [3.63, 3.8) is 0 Å². The predicted molar refractivity (Wildman–Crippen MR) is 84.2 cm³/mol. The molecule has 0 amide bonds. The van der Waals surface area contributed by atoms with Gasteiger partial charge in [0.2, 0.25) is 0 Å². The Morgan fingerprint density at radius 2 is 1.87 bits per heavy atom. The Morgan fingerprint density at radius 3 is 2.48 bits per heavy atom. The molecule has 0 unspecified atom stereocenters. The normalized spacial score (nSPS) is 10.6. The number of carbonyl (C=O) groups is 2. The lowest BCUT2D eigenvalue weighted by Crippen LogP contribution is -2.14. The molecule has 0 atom stereocenters. The van der Waals surface area contributed by atoms with Crippen LogP contribution in [-0.4, -0.2) is 18.5 Å². The fourth-order valence-corrected chi connectivity index (χ4v) is 2.35. The van der Waals surface area contributed by atoms with Crippen molar-refractivity contribution in [2.45, 2.75) is 34.1 Å². The molecule has 2 rings (SSSR count). The molecule has 0 N–H and O–H groups in total. The van der Waals surface area contributed by atoms with E-state index in [1.54, 1.807) is 33.8 Å². The summed E-state index contributed by atoms with van der Waals surface area (Å²) in [6, 6.07) is 2.94. The molecule has 1 aromatic carbocycles. The average molecular weight is 318 g/mol. The summed E-state index contributed by atoms with van der Waals surface area (Å²) in [5.74, 6) is -0.114. The highest BCUT2D eigenvalue weighted by Crippen LogP contribution is 2.33. The monoisotopic (exact) mass is 318 g/mol. The Kier molecular flexibility index (Phi) is 4.83. The maximum absolute atomic E-state index is 12.2. The minimum absolute atomic E-state index is 0.0663. The lowest BCUT2D eigenvalue weighted by Gasteiger charge is -2.14. The van der Waals surface area contributed by atoms with Crippen molar-refractivity contribution in [3.8, 4) is 5.75 Å².